The van der Waals surface area contributed by atoms with Gasteiger partial charge in [0.1, 0.15) is 5.76 Å². The number of esters is 1. The van der Waals surface area contributed by atoms with Gasteiger partial charge in [0.15, 0.2) is 5.75 Å². The molecule has 0 saturated heterocycles. The van der Waals surface area contributed by atoms with Gasteiger partial charge in [0.25, 0.3) is 0 Å². The lowest BCUT2D eigenvalue weighted by atomic mass is 10.1. The summed E-state index contributed by atoms with van der Waals surface area (Å²) >= 11 is 0. The maximum atomic E-state index is 11.6. The van der Waals surface area contributed by atoms with Crippen LogP contribution in [0.3, 0.4) is 0 Å². The number of carbonyl (C=O) groups is 1. The average Bonchev–Trinajstić information content (AvgIpc) is 2.44. The molecule has 1 aromatic carbocycles. The molecule has 108 valence electrons. The van der Waals surface area contributed by atoms with Crippen LogP contribution in [0.2, 0.25) is 0 Å². The van der Waals surface area contributed by atoms with Gasteiger partial charge < -0.3 is 14.2 Å². The van der Waals surface area contributed by atoms with E-state index in [9.17, 15) is 14.9 Å². The normalized spacial score (nSPS) is 9.75. The number of nitro benzene ring substituents is 1. The van der Waals surface area contributed by atoms with E-state index in [4.69, 9.17) is 9.47 Å². The number of benzene rings is 1. The zero-order valence-electron chi connectivity index (χ0n) is 11.5. The Morgan fingerprint density at radius 3 is 2.50 bits per heavy atom. The van der Waals surface area contributed by atoms with E-state index in [2.05, 4.69) is 11.3 Å². The molecular formula is C13H15NO6. The molecular weight excluding hydrogens is 266 g/mol. The summed E-state index contributed by atoms with van der Waals surface area (Å²) in [5.74, 6) is -0.610. The molecule has 0 bridgehead atoms. The number of methoxy groups -OCH3 is 2. The van der Waals surface area contributed by atoms with Crippen LogP contribution in [0.4, 0.5) is 5.69 Å². The van der Waals surface area contributed by atoms with E-state index in [1.54, 1.807) is 6.92 Å². The van der Waals surface area contributed by atoms with Crippen molar-refractivity contribution in [3.8, 4) is 5.75 Å². The van der Waals surface area contributed by atoms with Crippen LogP contribution in [0.15, 0.2) is 18.7 Å². The topological polar surface area (TPSA) is 87.9 Å². The van der Waals surface area contributed by atoms with Crippen LogP contribution < -0.4 is 4.74 Å². The molecule has 0 aliphatic rings. The summed E-state index contributed by atoms with van der Waals surface area (Å²) in [6.07, 6.45) is 0. The van der Waals surface area contributed by atoms with Gasteiger partial charge in [-0.2, -0.15) is 0 Å². The second kappa shape index (κ2) is 6.55. The first kappa shape index (κ1) is 15.5. The predicted molar refractivity (Wildman–Crippen MR) is 71.6 cm³/mol. The molecule has 1 rings (SSSR count). The van der Waals surface area contributed by atoms with Gasteiger partial charge in [-0.1, -0.05) is 6.58 Å². The quantitative estimate of drug-likeness (QED) is 0.344. The van der Waals surface area contributed by atoms with Crippen molar-refractivity contribution in [2.75, 3.05) is 20.8 Å². The summed E-state index contributed by atoms with van der Waals surface area (Å²) in [4.78, 5) is 22.1. The van der Waals surface area contributed by atoms with Gasteiger partial charge in [0.05, 0.1) is 36.9 Å². The summed E-state index contributed by atoms with van der Waals surface area (Å²) in [6, 6.07) is 2.54. The first-order valence-corrected chi connectivity index (χ1v) is 5.73. The Bertz CT molecular complexity index is 552. The summed E-state index contributed by atoms with van der Waals surface area (Å²) in [5, 5.41) is 11.2. The minimum absolute atomic E-state index is 0.0613. The van der Waals surface area contributed by atoms with Crippen molar-refractivity contribution in [1.82, 2.24) is 0 Å². The van der Waals surface area contributed by atoms with Gasteiger partial charge in [-0.15, -0.1) is 0 Å². The lowest BCUT2D eigenvalue weighted by Gasteiger charge is -2.12. The predicted octanol–water partition coefficient (Wildman–Crippen LogP) is 2.40. The molecule has 20 heavy (non-hydrogen) atoms. The van der Waals surface area contributed by atoms with E-state index >= 15 is 0 Å². The van der Waals surface area contributed by atoms with Crippen LogP contribution in [0.25, 0.3) is 5.76 Å². The van der Waals surface area contributed by atoms with Gasteiger partial charge in [0.2, 0.25) is 0 Å². The first-order chi connectivity index (χ1) is 9.46. The van der Waals surface area contributed by atoms with Crippen molar-refractivity contribution in [3.63, 3.8) is 0 Å². The number of nitro groups is 1. The highest BCUT2D eigenvalue weighted by Crippen LogP contribution is 2.36. The smallest absolute Gasteiger partial charge is 0.338 e. The third kappa shape index (κ3) is 3.05. The maximum absolute atomic E-state index is 11.6. The van der Waals surface area contributed by atoms with Crippen molar-refractivity contribution >= 4 is 17.4 Å². The molecule has 0 aliphatic heterocycles. The average molecular weight is 281 g/mol. The van der Waals surface area contributed by atoms with E-state index < -0.39 is 10.9 Å². The second-order valence-corrected chi connectivity index (χ2v) is 3.68. The molecule has 0 N–H and O–H groups in total. The van der Waals surface area contributed by atoms with Crippen molar-refractivity contribution in [2.45, 2.75) is 6.92 Å². The Balaban J connectivity index is 3.53. The summed E-state index contributed by atoms with van der Waals surface area (Å²) in [5.41, 5.74) is -0.110. The number of ether oxygens (including phenoxy) is 3. The number of hydrogen-bond donors (Lipinski definition) is 0. The second-order valence-electron chi connectivity index (χ2n) is 3.68. The minimum Gasteiger partial charge on any atom is -0.494 e. The van der Waals surface area contributed by atoms with Crippen LogP contribution in [0, 0.1) is 10.1 Å². The lowest BCUT2D eigenvalue weighted by Crippen LogP contribution is -2.06. The Kier molecular flexibility index (Phi) is 5.08. The minimum atomic E-state index is -0.635. The molecule has 7 heteroatoms. The lowest BCUT2D eigenvalue weighted by molar-refractivity contribution is -0.386. The van der Waals surface area contributed by atoms with Crippen molar-refractivity contribution in [1.29, 1.82) is 0 Å². The van der Waals surface area contributed by atoms with Gasteiger partial charge >= 0.3 is 11.7 Å². The zero-order valence-corrected chi connectivity index (χ0v) is 11.5. The molecule has 0 aliphatic carbocycles. The Hall–Kier alpha value is -2.57. The monoisotopic (exact) mass is 281 g/mol. The molecule has 0 fully saturated rings. The summed E-state index contributed by atoms with van der Waals surface area (Å²) in [6.45, 7) is 5.64. The summed E-state index contributed by atoms with van der Waals surface area (Å²) < 4.78 is 14.7. The highest BCUT2D eigenvalue weighted by Gasteiger charge is 2.26. The first-order valence-electron chi connectivity index (χ1n) is 5.73. The van der Waals surface area contributed by atoms with Gasteiger partial charge in [-0.3, -0.25) is 10.1 Å². The molecule has 7 nitrogen and oxygen atoms in total. The Morgan fingerprint density at radius 2 is 2.05 bits per heavy atom. The Morgan fingerprint density at radius 1 is 1.40 bits per heavy atom. The highest BCUT2D eigenvalue weighted by molar-refractivity contribution is 5.92. The van der Waals surface area contributed by atoms with Crippen LogP contribution in [0.1, 0.15) is 22.8 Å². The summed E-state index contributed by atoms with van der Waals surface area (Å²) in [7, 11) is 2.49. The molecule has 0 atom stereocenters. The SMILES string of the molecule is C=C(OCC)c1cc(C(=O)OC)cc(OC)c1[N+](=O)[O-]. The van der Waals surface area contributed by atoms with Gasteiger partial charge in [-0.05, 0) is 13.0 Å². The largest absolute Gasteiger partial charge is 0.494 e. The fraction of sp³-hybridized carbons (Fsp3) is 0.308. The van der Waals surface area contributed by atoms with Crippen LogP contribution in [0.5, 0.6) is 5.75 Å². The Labute approximate surface area is 115 Å². The zero-order chi connectivity index (χ0) is 15.3. The number of carbonyl (C=O) groups excluding carboxylic acids is 1. The molecule has 0 amide bonds. The van der Waals surface area contributed by atoms with Crippen LogP contribution in [-0.4, -0.2) is 31.7 Å². The molecule has 0 spiro atoms. The molecule has 0 aromatic heterocycles. The third-order valence-electron chi connectivity index (χ3n) is 2.52. The van der Waals surface area contributed by atoms with Gasteiger partial charge in [-0.25, -0.2) is 4.79 Å². The third-order valence-corrected chi connectivity index (χ3v) is 2.52. The van der Waals surface area contributed by atoms with E-state index in [1.807, 2.05) is 0 Å². The van der Waals surface area contributed by atoms with E-state index in [-0.39, 0.29) is 28.3 Å². The van der Waals surface area contributed by atoms with Crippen molar-refractivity contribution in [2.24, 2.45) is 0 Å². The fourth-order valence-corrected chi connectivity index (χ4v) is 1.65. The van der Waals surface area contributed by atoms with E-state index in [0.29, 0.717) is 6.61 Å². The standard InChI is InChI=1S/C13H15NO6/c1-5-20-8(2)10-6-9(13(15)19-4)7-11(18-3)12(10)14(16)17/h6-7H,2,5H2,1,3-4H3. The molecule has 0 radical (unpaired) electrons. The molecule has 0 heterocycles. The number of rotatable bonds is 6. The van der Waals surface area contributed by atoms with Crippen LogP contribution in [-0.2, 0) is 9.47 Å². The molecule has 0 saturated carbocycles. The molecule has 1 aromatic rings. The van der Waals surface area contributed by atoms with E-state index in [1.165, 1.54) is 26.4 Å². The number of nitrogens with zero attached hydrogens (tertiary/aromatic N) is 1. The van der Waals surface area contributed by atoms with Crippen molar-refractivity contribution in [3.05, 3.63) is 40.0 Å². The van der Waals surface area contributed by atoms with Crippen LogP contribution >= 0.6 is 0 Å². The van der Waals surface area contributed by atoms with E-state index in [0.717, 1.165) is 0 Å². The van der Waals surface area contributed by atoms with Gasteiger partial charge in [0, 0.05) is 6.07 Å². The van der Waals surface area contributed by atoms with Crippen molar-refractivity contribution < 1.29 is 23.9 Å². The fourth-order valence-electron chi connectivity index (χ4n) is 1.65. The molecule has 0 unspecified atom stereocenters. The highest BCUT2D eigenvalue weighted by atomic mass is 16.6. The number of hydrogen-bond acceptors (Lipinski definition) is 6. The maximum Gasteiger partial charge on any atom is 0.338 e.